The van der Waals surface area contributed by atoms with Crippen molar-refractivity contribution in [1.29, 1.82) is 0 Å². The number of hydrogen-bond acceptors (Lipinski definition) is 2. The summed E-state index contributed by atoms with van der Waals surface area (Å²) in [7, 11) is 0. The highest BCUT2D eigenvalue weighted by molar-refractivity contribution is 5.89. The van der Waals surface area contributed by atoms with E-state index in [4.69, 9.17) is 0 Å². The molecule has 1 aliphatic carbocycles. The van der Waals surface area contributed by atoms with Crippen molar-refractivity contribution in [1.82, 2.24) is 4.90 Å². The van der Waals surface area contributed by atoms with Gasteiger partial charge in [0.15, 0.2) is 5.78 Å². The van der Waals surface area contributed by atoms with E-state index >= 15 is 0 Å². The average molecular weight is 237 g/mol. The number of Topliss-reactive ketones (excluding diaryl/α,β-unsaturated/α-hetero) is 1. The molecule has 1 saturated heterocycles. The summed E-state index contributed by atoms with van der Waals surface area (Å²) in [6.45, 7) is 12.9. The molecule has 2 nitrogen and oxygen atoms in total. The van der Waals surface area contributed by atoms with Crippen molar-refractivity contribution in [3.05, 3.63) is 0 Å². The zero-order valence-corrected chi connectivity index (χ0v) is 12.2. The molecule has 2 rings (SSSR count). The van der Waals surface area contributed by atoms with Gasteiger partial charge in [0.05, 0.1) is 6.04 Å². The van der Waals surface area contributed by atoms with E-state index in [-0.39, 0.29) is 17.0 Å². The zero-order valence-electron chi connectivity index (χ0n) is 12.2. The Morgan fingerprint density at radius 3 is 2.00 bits per heavy atom. The van der Waals surface area contributed by atoms with Gasteiger partial charge in [0.25, 0.3) is 0 Å². The fraction of sp³-hybridized carbons (Fsp3) is 0.933. The molecule has 3 atom stereocenters. The van der Waals surface area contributed by atoms with Crippen LogP contribution < -0.4 is 0 Å². The Morgan fingerprint density at radius 1 is 1.06 bits per heavy atom. The van der Waals surface area contributed by atoms with E-state index in [0.717, 1.165) is 12.3 Å². The lowest BCUT2D eigenvalue weighted by atomic mass is 9.78. The van der Waals surface area contributed by atoms with Crippen molar-refractivity contribution in [2.75, 3.05) is 0 Å². The van der Waals surface area contributed by atoms with Crippen LogP contribution in [0.4, 0.5) is 0 Å². The summed E-state index contributed by atoms with van der Waals surface area (Å²) in [4.78, 5) is 15.1. The maximum absolute atomic E-state index is 12.6. The van der Waals surface area contributed by atoms with E-state index in [0.29, 0.717) is 11.8 Å². The molecule has 0 aromatic rings. The van der Waals surface area contributed by atoms with Crippen LogP contribution in [0.2, 0.25) is 0 Å². The molecule has 2 heteroatoms. The predicted octanol–water partition coefficient (Wildman–Crippen LogP) is 3.25. The predicted molar refractivity (Wildman–Crippen MR) is 71.0 cm³/mol. The van der Waals surface area contributed by atoms with E-state index in [9.17, 15) is 4.79 Å². The number of nitrogens with zero attached hydrogens (tertiary/aromatic N) is 1. The van der Waals surface area contributed by atoms with Gasteiger partial charge in [-0.1, -0.05) is 20.8 Å². The summed E-state index contributed by atoms with van der Waals surface area (Å²) in [6.07, 6.45) is 3.71. The molecule has 17 heavy (non-hydrogen) atoms. The standard InChI is InChI=1S/C15H27NO/c1-14(2,3)13(17)12-9-10-7-8-11(10)16(12)15(4,5)6/h10-12H,7-9H2,1-6H3. The number of hydrogen-bond donors (Lipinski definition) is 0. The Morgan fingerprint density at radius 2 is 1.65 bits per heavy atom. The van der Waals surface area contributed by atoms with E-state index in [1.54, 1.807) is 0 Å². The van der Waals surface area contributed by atoms with Crippen LogP contribution in [0.15, 0.2) is 0 Å². The summed E-state index contributed by atoms with van der Waals surface area (Å²) < 4.78 is 0. The van der Waals surface area contributed by atoms with E-state index in [1.807, 2.05) is 0 Å². The normalized spacial score (nSPS) is 34.4. The smallest absolute Gasteiger partial charge is 0.155 e. The first-order chi connectivity index (χ1) is 7.62. The highest BCUT2D eigenvalue weighted by Crippen LogP contribution is 2.48. The second kappa shape index (κ2) is 3.81. The molecule has 0 aromatic heterocycles. The molecule has 1 aliphatic heterocycles. The molecule has 0 radical (unpaired) electrons. The lowest BCUT2D eigenvalue weighted by molar-refractivity contribution is -0.133. The van der Waals surface area contributed by atoms with Gasteiger partial charge in [-0.05, 0) is 46.0 Å². The van der Waals surface area contributed by atoms with Crippen LogP contribution in [0.3, 0.4) is 0 Å². The third-order valence-corrected chi connectivity index (χ3v) is 4.41. The maximum Gasteiger partial charge on any atom is 0.155 e. The molecule has 98 valence electrons. The van der Waals surface area contributed by atoms with Crippen LogP contribution in [0.1, 0.15) is 60.8 Å². The molecule has 0 bridgehead atoms. The van der Waals surface area contributed by atoms with Gasteiger partial charge in [-0.25, -0.2) is 0 Å². The molecule has 3 unspecified atom stereocenters. The molecule has 2 aliphatic rings. The molecule has 0 N–H and O–H groups in total. The molecular formula is C15H27NO. The number of fused-ring (bicyclic) bond motifs is 1. The number of carbonyl (C=O) groups excluding carboxylic acids is 1. The van der Waals surface area contributed by atoms with Crippen molar-refractivity contribution < 1.29 is 4.79 Å². The quantitative estimate of drug-likeness (QED) is 0.697. The molecule has 0 aromatic carbocycles. The summed E-state index contributed by atoms with van der Waals surface area (Å²) in [5.74, 6) is 1.22. The minimum atomic E-state index is -0.210. The molecule has 2 fully saturated rings. The second-order valence-electron chi connectivity index (χ2n) is 7.85. The first kappa shape index (κ1) is 13.1. The molecule has 1 saturated carbocycles. The fourth-order valence-corrected chi connectivity index (χ4v) is 3.52. The maximum atomic E-state index is 12.6. The minimum absolute atomic E-state index is 0.116. The molecule has 0 amide bonds. The highest BCUT2D eigenvalue weighted by Gasteiger charge is 2.53. The Balaban J connectivity index is 2.24. The zero-order chi connectivity index (χ0) is 13.0. The van der Waals surface area contributed by atoms with Gasteiger partial charge in [-0.3, -0.25) is 9.69 Å². The minimum Gasteiger partial charge on any atom is -0.297 e. The first-order valence-electron chi connectivity index (χ1n) is 6.95. The average Bonchev–Trinajstić information content (AvgIpc) is 2.35. The molecular weight excluding hydrogens is 210 g/mol. The third kappa shape index (κ3) is 2.16. The SMILES string of the molecule is CC(C)(C)C(=O)C1CC2CCC2N1C(C)(C)C. The topological polar surface area (TPSA) is 20.3 Å². The molecule has 0 spiro atoms. The lowest BCUT2D eigenvalue weighted by Gasteiger charge is -2.45. The number of ketones is 1. The van der Waals surface area contributed by atoms with Crippen molar-refractivity contribution >= 4 is 5.78 Å². The van der Waals surface area contributed by atoms with Crippen LogP contribution >= 0.6 is 0 Å². The monoisotopic (exact) mass is 237 g/mol. The van der Waals surface area contributed by atoms with E-state index in [2.05, 4.69) is 46.4 Å². The number of likely N-dealkylation sites (tertiary alicyclic amines) is 1. The van der Waals surface area contributed by atoms with Gasteiger partial charge in [0.2, 0.25) is 0 Å². The lowest BCUT2D eigenvalue weighted by Crippen LogP contribution is -2.55. The van der Waals surface area contributed by atoms with Crippen LogP contribution in [0.25, 0.3) is 0 Å². The van der Waals surface area contributed by atoms with Crippen LogP contribution in [0.5, 0.6) is 0 Å². The number of rotatable bonds is 1. The summed E-state index contributed by atoms with van der Waals surface area (Å²) in [5.41, 5.74) is -0.0939. The Kier molecular flexibility index (Phi) is 2.93. The number of carbonyl (C=O) groups is 1. The van der Waals surface area contributed by atoms with Gasteiger partial charge in [0.1, 0.15) is 0 Å². The van der Waals surface area contributed by atoms with Gasteiger partial charge in [0, 0.05) is 17.0 Å². The Bertz CT molecular complexity index is 321. The highest BCUT2D eigenvalue weighted by atomic mass is 16.1. The van der Waals surface area contributed by atoms with Crippen LogP contribution in [-0.4, -0.2) is 28.3 Å². The van der Waals surface area contributed by atoms with Crippen LogP contribution in [-0.2, 0) is 4.79 Å². The largest absolute Gasteiger partial charge is 0.297 e. The van der Waals surface area contributed by atoms with Crippen molar-refractivity contribution in [2.45, 2.75) is 78.4 Å². The van der Waals surface area contributed by atoms with Crippen molar-refractivity contribution in [3.8, 4) is 0 Å². The first-order valence-corrected chi connectivity index (χ1v) is 6.95. The Labute approximate surface area is 106 Å². The summed E-state index contributed by atoms with van der Waals surface area (Å²) in [6, 6.07) is 0.832. The Hall–Kier alpha value is -0.370. The third-order valence-electron chi connectivity index (χ3n) is 4.41. The second-order valence-corrected chi connectivity index (χ2v) is 7.85. The summed E-state index contributed by atoms with van der Waals surface area (Å²) in [5, 5.41) is 0. The van der Waals surface area contributed by atoms with Gasteiger partial charge >= 0.3 is 0 Å². The summed E-state index contributed by atoms with van der Waals surface area (Å²) >= 11 is 0. The van der Waals surface area contributed by atoms with Gasteiger partial charge in [-0.2, -0.15) is 0 Å². The van der Waals surface area contributed by atoms with Gasteiger partial charge in [-0.15, -0.1) is 0 Å². The van der Waals surface area contributed by atoms with Crippen LogP contribution in [0, 0.1) is 11.3 Å². The van der Waals surface area contributed by atoms with E-state index in [1.165, 1.54) is 12.8 Å². The van der Waals surface area contributed by atoms with Crippen molar-refractivity contribution in [3.63, 3.8) is 0 Å². The molecule has 1 heterocycles. The van der Waals surface area contributed by atoms with Crippen molar-refractivity contribution in [2.24, 2.45) is 11.3 Å². The fourth-order valence-electron chi connectivity index (χ4n) is 3.52. The van der Waals surface area contributed by atoms with E-state index < -0.39 is 0 Å². The van der Waals surface area contributed by atoms with Gasteiger partial charge < -0.3 is 0 Å².